The lowest BCUT2D eigenvalue weighted by Crippen LogP contribution is -2.42. The summed E-state index contributed by atoms with van der Waals surface area (Å²) in [6.45, 7) is 2.48. The number of rotatable bonds is 5. The Labute approximate surface area is 165 Å². The monoisotopic (exact) mass is 403 g/mol. The Hall–Kier alpha value is -3.49. The number of carbonyl (C=O) groups is 3. The minimum atomic E-state index is -1.83. The first kappa shape index (κ1) is 20.2. The van der Waals surface area contributed by atoms with Crippen LogP contribution in [0.5, 0.6) is 5.75 Å². The zero-order chi connectivity index (χ0) is 21.3. The number of nitrogens with zero attached hydrogens (tertiary/aromatic N) is 1. The maximum absolute atomic E-state index is 14.2. The fraction of sp³-hybridized carbons (Fsp3) is 0.250. The number of hydrogen-bond acceptors (Lipinski definition) is 4. The lowest BCUT2D eigenvalue weighted by atomic mass is 9.91. The fourth-order valence-corrected chi connectivity index (χ4v) is 3.16. The highest BCUT2D eigenvalue weighted by molar-refractivity contribution is 6.10. The molecule has 0 aromatic heterocycles. The fourth-order valence-electron chi connectivity index (χ4n) is 3.16. The molecule has 1 atom stereocenters. The highest BCUT2D eigenvalue weighted by Crippen LogP contribution is 2.31. The molecule has 0 aliphatic carbocycles. The summed E-state index contributed by atoms with van der Waals surface area (Å²) in [7, 11) is 1.44. The summed E-state index contributed by atoms with van der Waals surface area (Å²) in [5, 5.41) is 4.93. The van der Waals surface area contributed by atoms with Crippen LogP contribution in [0.25, 0.3) is 0 Å². The van der Waals surface area contributed by atoms with E-state index in [9.17, 15) is 23.2 Å². The number of nitrogens with one attached hydrogen (secondary N) is 2. The van der Waals surface area contributed by atoms with Crippen molar-refractivity contribution in [2.24, 2.45) is 0 Å². The van der Waals surface area contributed by atoms with Gasteiger partial charge in [0.05, 0.1) is 12.8 Å². The van der Waals surface area contributed by atoms with E-state index in [0.29, 0.717) is 16.3 Å². The maximum Gasteiger partial charge on any atom is 0.325 e. The number of amides is 4. The van der Waals surface area contributed by atoms with Gasteiger partial charge in [0.25, 0.3) is 5.91 Å². The summed E-state index contributed by atoms with van der Waals surface area (Å²) in [5.41, 5.74) is -0.905. The standard InChI is InChI=1S/C20H19F2N3O4/c1-11-4-7-16(29-3)15(8-11)23-17(26)10-25-18(27)20(2,24-19(25)28)13-9-12(21)5-6-14(13)22/h4-9H,10H2,1-3H3,(H,23,26)(H,24,28). The van der Waals surface area contributed by atoms with E-state index in [4.69, 9.17) is 4.74 Å². The number of hydrogen-bond donors (Lipinski definition) is 2. The third kappa shape index (κ3) is 3.75. The Balaban J connectivity index is 1.81. The average Bonchev–Trinajstić information content (AvgIpc) is 2.88. The molecular weight excluding hydrogens is 384 g/mol. The second-order valence-electron chi connectivity index (χ2n) is 6.82. The first-order valence-corrected chi connectivity index (χ1v) is 8.70. The molecule has 0 spiro atoms. The molecule has 1 aliphatic rings. The summed E-state index contributed by atoms with van der Waals surface area (Å²) in [4.78, 5) is 38.2. The molecule has 1 unspecified atom stereocenters. The average molecular weight is 403 g/mol. The highest BCUT2D eigenvalue weighted by atomic mass is 19.1. The summed E-state index contributed by atoms with van der Waals surface area (Å²) < 4.78 is 32.9. The Morgan fingerprint density at radius 3 is 2.62 bits per heavy atom. The molecule has 29 heavy (non-hydrogen) atoms. The van der Waals surface area contributed by atoms with Crippen molar-refractivity contribution in [1.29, 1.82) is 0 Å². The molecule has 0 bridgehead atoms. The molecule has 1 heterocycles. The van der Waals surface area contributed by atoms with Crippen molar-refractivity contribution in [2.75, 3.05) is 19.0 Å². The predicted molar refractivity (Wildman–Crippen MR) is 100 cm³/mol. The molecule has 1 aliphatic heterocycles. The van der Waals surface area contributed by atoms with Crippen LogP contribution in [0.2, 0.25) is 0 Å². The van der Waals surface area contributed by atoms with Crippen LogP contribution in [0.4, 0.5) is 19.3 Å². The van der Waals surface area contributed by atoms with Gasteiger partial charge < -0.3 is 15.4 Å². The minimum absolute atomic E-state index is 0.320. The molecule has 0 radical (unpaired) electrons. The van der Waals surface area contributed by atoms with E-state index in [2.05, 4.69) is 10.6 Å². The predicted octanol–water partition coefficient (Wildman–Crippen LogP) is 2.69. The van der Waals surface area contributed by atoms with E-state index in [1.165, 1.54) is 14.0 Å². The van der Waals surface area contributed by atoms with Gasteiger partial charge in [0.2, 0.25) is 5.91 Å². The molecule has 1 fully saturated rings. The van der Waals surface area contributed by atoms with E-state index in [1.54, 1.807) is 18.2 Å². The number of aryl methyl sites for hydroxylation is 1. The van der Waals surface area contributed by atoms with Crippen molar-refractivity contribution >= 4 is 23.5 Å². The third-order valence-electron chi connectivity index (χ3n) is 4.67. The van der Waals surface area contributed by atoms with Crippen LogP contribution in [0.3, 0.4) is 0 Å². The van der Waals surface area contributed by atoms with Gasteiger partial charge in [0, 0.05) is 5.56 Å². The number of halogens is 2. The van der Waals surface area contributed by atoms with Gasteiger partial charge in [-0.15, -0.1) is 0 Å². The van der Waals surface area contributed by atoms with Crippen LogP contribution in [-0.4, -0.2) is 36.4 Å². The lowest BCUT2D eigenvalue weighted by Gasteiger charge is -2.22. The number of methoxy groups -OCH3 is 1. The Morgan fingerprint density at radius 2 is 1.93 bits per heavy atom. The zero-order valence-corrected chi connectivity index (χ0v) is 16.0. The smallest absolute Gasteiger partial charge is 0.325 e. The van der Waals surface area contributed by atoms with Gasteiger partial charge in [0.15, 0.2) is 0 Å². The van der Waals surface area contributed by atoms with Gasteiger partial charge >= 0.3 is 6.03 Å². The summed E-state index contributed by atoms with van der Waals surface area (Å²) in [5.74, 6) is -2.71. The molecule has 3 rings (SSSR count). The van der Waals surface area contributed by atoms with Crippen molar-refractivity contribution in [2.45, 2.75) is 19.4 Å². The molecule has 152 valence electrons. The Morgan fingerprint density at radius 1 is 1.21 bits per heavy atom. The van der Waals surface area contributed by atoms with Gasteiger partial charge in [-0.1, -0.05) is 6.07 Å². The highest BCUT2D eigenvalue weighted by Gasteiger charge is 2.50. The number of benzene rings is 2. The number of imide groups is 1. The number of ether oxygens (including phenoxy) is 1. The van der Waals surface area contributed by atoms with E-state index >= 15 is 0 Å². The third-order valence-corrected chi connectivity index (χ3v) is 4.67. The van der Waals surface area contributed by atoms with Crippen molar-refractivity contribution in [1.82, 2.24) is 10.2 Å². The van der Waals surface area contributed by atoms with Gasteiger partial charge in [-0.25, -0.2) is 13.6 Å². The molecule has 7 nitrogen and oxygen atoms in total. The molecule has 1 saturated heterocycles. The van der Waals surface area contributed by atoms with Crippen LogP contribution in [0.15, 0.2) is 36.4 Å². The summed E-state index contributed by atoms with van der Waals surface area (Å²) in [6, 6.07) is 6.88. The van der Waals surface area contributed by atoms with Gasteiger partial charge in [0.1, 0.15) is 29.5 Å². The van der Waals surface area contributed by atoms with Gasteiger partial charge in [-0.05, 0) is 49.7 Å². The maximum atomic E-state index is 14.2. The van der Waals surface area contributed by atoms with Crippen molar-refractivity contribution in [3.05, 3.63) is 59.2 Å². The van der Waals surface area contributed by atoms with Crippen LogP contribution in [-0.2, 0) is 15.1 Å². The number of carbonyl (C=O) groups excluding carboxylic acids is 3. The molecule has 2 N–H and O–H groups in total. The minimum Gasteiger partial charge on any atom is -0.495 e. The van der Waals surface area contributed by atoms with Gasteiger partial charge in [-0.2, -0.15) is 0 Å². The van der Waals surface area contributed by atoms with Crippen LogP contribution in [0, 0.1) is 18.6 Å². The molecule has 2 aromatic carbocycles. The van der Waals surface area contributed by atoms with Crippen LogP contribution in [0.1, 0.15) is 18.1 Å². The summed E-state index contributed by atoms with van der Waals surface area (Å²) >= 11 is 0. The number of urea groups is 1. The van der Waals surface area contributed by atoms with Crippen molar-refractivity contribution in [3.63, 3.8) is 0 Å². The summed E-state index contributed by atoms with van der Waals surface area (Å²) in [6.07, 6.45) is 0. The molecule has 4 amide bonds. The Kier molecular flexibility index (Phi) is 5.23. The lowest BCUT2D eigenvalue weighted by molar-refractivity contribution is -0.133. The van der Waals surface area contributed by atoms with Crippen LogP contribution >= 0.6 is 0 Å². The van der Waals surface area contributed by atoms with E-state index in [0.717, 1.165) is 23.8 Å². The molecule has 2 aromatic rings. The molecule has 9 heteroatoms. The van der Waals surface area contributed by atoms with Crippen molar-refractivity contribution in [3.8, 4) is 5.75 Å². The first-order chi connectivity index (χ1) is 13.7. The SMILES string of the molecule is COc1ccc(C)cc1NC(=O)CN1C(=O)NC(C)(c2cc(F)ccc2F)C1=O. The van der Waals surface area contributed by atoms with E-state index in [1.807, 2.05) is 6.92 Å². The second kappa shape index (κ2) is 7.50. The Bertz CT molecular complexity index is 1010. The second-order valence-corrected chi connectivity index (χ2v) is 6.82. The van der Waals surface area contributed by atoms with E-state index in [-0.39, 0.29) is 5.56 Å². The quantitative estimate of drug-likeness (QED) is 0.752. The topological polar surface area (TPSA) is 87.7 Å². The van der Waals surface area contributed by atoms with E-state index < -0.39 is 41.6 Å². The van der Waals surface area contributed by atoms with Crippen molar-refractivity contribution < 1.29 is 27.9 Å². The largest absolute Gasteiger partial charge is 0.495 e. The molecule has 0 saturated carbocycles. The number of anilines is 1. The first-order valence-electron chi connectivity index (χ1n) is 8.70. The zero-order valence-electron chi connectivity index (χ0n) is 16.0. The normalized spacial score (nSPS) is 18.6. The van der Waals surface area contributed by atoms with Crippen LogP contribution < -0.4 is 15.4 Å². The van der Waals surface area contributed by atoms with Gasteiger partial charge in [-0.3, -0.25) is 14.5 Å². The molecular formula is C20H19F2N3O4.